The molecule has 1 aromatic carbocycles. The van der Waals surface area contributed by atoms with E-state index in [4.69, 9.17) is 23.2 Å². The van der Waals surface area contributed by atoms with Crippen LogP contribution in [0, 0.1) is 6.92 Å². The molecule has 2 aromatic rings. The van der Waals surface area contributed by atoms with E-state index in [-0.39, 0.29) is 0 Å². The minimum absolute atomic E-state index is 0.463. The molecule has 0 aliphatic heterocycles. The third-order valence-corrected chi connectivity index (χ3v) is 2.40. The molecule has 0 bridgehead atoms. The molecule has 14 heavy (non-hydrogen) atoms. The molecule has 0 aliphatic carbocycles. The van der Waals surface area contributed by atoms with Crippen molar-refractivity contribution in [3.8, 4) is 0 Å². The van der Waals surface area contributed by atoms with E-state index in [1.165, 1.54) is 0 Å². The van der Waals surface area contributed by atoms with E-state index in [1.807, 2.05) is 31.2 Å². The molecule has 2 rings (SSSR count). The fourth-order valence-corrected chi connectivity index (χ4v) is 1.55. The number of hydrogen-bond acceptors (Lipinski definition) is 2. The average Bonchev–Trinajstić information content (AvgIpc) is 2.17. The molecule has 0 unspecified atom stereocenters. The van der Waals surface area contributed by atoms with E-state index in [1.54, 1.807) is 0 Å². The van der Waals surface area contributed by atoms with Crippen molar-refractivity contribution in [1.29, 1.82) is 0 Å². The zero-order valence-electron chi connectivity index (χ0n) is 7.54. The van der Waals surface area contributed by atoms with Gasteiger partial charge in [0.15, 0.2) is 10.7 Å². The summed E-state index contributed by atoms with van der Waals surface area (Å²) in [6, 6.07) is 7.78. The van der Waals surface area contributed by atoms with Crippen LogP contribution in [0.5, 0.6) is 0 Å². The summed E-state index contributed by atoms with van der Waals surface area (Å²) in [6.45, 7) is 1.92. The Labute approximate surface area is 91.9 Å². The zero-order valence-corrected chi connectivity index (χ0v) is 9.05. The number of alkyl halides is 2. The van der Waals surface area contributed by atoms with Crippen LogP contribution in [0.3, 0.4) is 0 Å². The van der Waals surface area contributed by atoms with Gasteiger partial charge in [0.25, 0.3) is 0 Å². The smallest absolute Gasteiger partial charge is 0.167 e. The lowest BCUT2D eigenvalue weighted by molar-refractivity contribution is 1.01. The maximum atomic E-state index is 5.72. The van der Waals surface area contributed by atoms with Gasteiger partial charge in [-0.05, 0) is 13.0 Å². The van der Waals surface area contributed by atoms with Crippen LogP contribution in [0.15, 0.2) is 24.3 Å². The van der Waals surface area contributed by atoms with Crippen LogP contribution in [-0.4, -0.2) is 9.97 Å². The number of nitrogens with zero attached hydrogens (tertiary/aromatic N) is 2. The Bertz CT molecular complexity index is 469. The van der Waals surface area contributed by atoms with Crippen molar-refractivity contribution in [3.05, 3.63) is 35.8 Å². The van der Waals surface area contributed by atoms with Gasteiger partial charge in [0, 0.05) is 11.1 Å². The number of para-hydroxylation sites is 1. The van der Waals surface area contributed by atoms with E-state index in [0.29, 0.717) is 5.82 Å². The number of fused-ring (bicyclic) bond motifs is 1. The molecule has 0 saturated heterocycles. The van der Waals surface area contributed by atoms with Crippen LogP contribution in [0.1, 0.15) is 16.4 Å². The first-order chi connectivity index (χ1) is 6.68. The van der Waals surface area contributed by atoms with Crippen molar-refractivity contribution in [2.24, 2.45) is 0 Å². The molecule has 1 heterocycles. The highest BCUT2D eigenvalue weighted by molar-refractivity contribution is 6.43. The standard InChI is InChI=1S/C10H8Cl2N2/c1-6-7-4-2-3-5-8(7)14-10(13-6)9(11)12/h2-5,9H,1H3. The van der Waals surface area contributed by atoms with Gasteiger partial charge in [0.05, 0.1) is 5.52 Å². The molecular weight excluding hydrogens is 219 g/mol. The molecule has 2 nitrogen and oxygen atoms in total. The molecule has 0 fully saturated rings. The first-order valence-corrected chi connectivity index (χ1v) is 5.07. The summed E-state index contributed by atoms with van der Waals surface area (Å²) in [5.41, 5.74) is 1.78. The average molecular weight is 227 g/mol. The lowest BCUT2D eigenvalue weighted by Gasteiger charge is -2.04. The number of aryl methyl sites for hydroxylation is 1. The van der Waals surface area contributed by atoms with E-state index in [9.17, 15) is 0 Å². The SMILES string of the molecule is Cc1nc(C(Cl)Cl)nc2ccccc12. The van der Waals surface area contributed by atoms with Crippen LogP contribution in [0.2, 0.25) is 0 Å². The van der Waals surface area contributed by atoms with Crippen LogP contribution >= 0.6 is 23.2 Å². The Balaban J connectivity index is 2.72. The van der Waals surface area contributed by atoms with E-state index in [2.05, 4.69) is 9.97 Å². The lowest BCUT2D eigenvalue weighted by Crippen LogP contribution is -1.97. The maximum absolute atomic E-state index is 5.72. The molecule has 0 N–H and O–H groups in total. The highest BCUT2D eigenvalue weighted by atomic mass is 35.5. The Morgan fingerprint density at radius 3 is 2.57 bits per heavy atom. The van der Waals surface area contributed by atoms with Crippen molar-refractivity contribution < 1.29 is 0 Å². The van der Waals surface area contributed by atoms with Crippen molar-refractivity contribution in [3.63, 3.8) is 0 Å². The third-order valence-electron chi connectivity index (χ3n) is 2.01. The van der Waals surface area contributed by atoms with Gasteiger partial charge in [0.2, 0.25) is 0 Å². The minimum atomic E-state index is -0.668. The first-order valence-electron chi connectivity index (χ1n) is 4.20. The van der Waals surface area contributed by atoms with Gasteiger partial charge in [-0.3, -0.25) is 0 Å². The van der Waals surface area contributed by atoms with Gasteiger partial charge in [-0.15, -0.1) is 0 Å². The lowest BCUT2D eigenvalue weighted by atomic mass is 10.2. The van der Waals surface area contributed by atoms with E-state index >= 15 is 0 Å². The summed E-state index contributed by atoms with van der Waals surface area (Å²) in [6.07, 6.45) is 0. The molecule has 72 valence electrons. The highest BCUT2D eigenvalue weighted by Gasteiger charge is 2.09. The van der Waals surface area contributed by atoms with Crippen LogP contribution in [0.4, 0.5) is 0 Å². The largest absolute Gasteiger partial charge is 0.235 e. The van der Waals surface area contributed by atoms with Gasteiger partial charge in [-0.25, -0.2) is 9.97 Å². The molecule has 0 spiro atoms. The van der Waals surface area contributed by atoms with Crippen LogP contribution < -0.4 is 0 Å². The molecular formula is C10H8Cl2N2. The summed E-state index contributed by atoms with van der Waals surface area (Å²) < 4.78 is 0. The molecule has 0 radical (unpaired) electrons. The second-order valence-corrected chi connectivity index (χ2v) is 4.08. The highest BCUT2D eigenvalue weighted by Crippen LogP contribution is 2.24. The number of aromatic nitrogens is 2. The van der Waals surface area contributed by atoms with Crippen LogP contribution in [-0.2, 0) is 0 Å². The van der Waals surface area contributed by atoms with Gasteiger partial charge in [-0.2, -0.15) is 0 Å². The summed E-state index contributed by atoms with van der Waals surface area (Å²) in [7, 11) is 0. The molecule has 1 aromatic heterocycles. The summed E-state index contributed by atoms with van der Waals surface area (Å²) in [5.74, 6) is 0.463. The van der Waals surface area contributed by atoms with E-state index in [0.717, 1.165) is 16.6 Å². The summed E-state index contributed by atoms with van der Waals surface area (Å²) in [5, 5.41) is 1.03. The second kappa shape index (κ2) is 3.71. The Morgan fingerprint density at radius 1 is 1.14 bits per heavy atom. The molecule has 0 aliphatic rings. The van der Waals surface area contributed by atoms with Crippen molar-refractivity contribution in [2.75, 3.05) is 0 Å². The molecule has 0 amide bonds. The monoisotopic (exact) mass is 226 g/mol. The van der Waals surface area contributed by atoms with Gasteiger partial charge < -0.3 is 0 Å². The molecule has 4 heteroatoms. The maximum Gasteiger partial charge on any atom is 0.167 e. The number of halogens is 2. The predicted molar refractivity (Wildman–Crippen MR) is 58.7 cm³/mol. The Morgan fingerprint density at radius 2 is 1.86 bits per heavy atom. The Hall–Kier alpha value is -0.860. The third kappa shape index (κ3) is 1.68. The number of hydrogen-bond donors (Lipinski definition) is 0. The molecule has 0 atom stereocenters. The zero-order chi connectivity index (χ0) is 10.1. The quantitative estimate of drug-likeness (QED) is 0.697. The van der Waals surface area contributed by atoms with Crippen molar-refractivity contribution >= 4 is 34.1 Å². The molecule has 0 saturated carbocycles. The number of benzene rings is 1. The predicted octanol–water partition coefficient (Wildman–Crippen LogP) is 3.41. The fourth-order valence-electron chi connectivity index (χ4n) is 1.36. The van der Waals surface area contributed by atoms with Gasteiger partial charge in [-0.1, -0.05) is 41.4 Å². The van der Waals surface area contributed by atoms with Gasteiger partial charge in [0.1, 0.15) is 0 Å². The first kappa shape index (κ1) is 9.69. The fraction of sp³-hybridized carbons (Fsp3) is 0.200. The van der Waals surface area contributed by atoms with E-state index < -0.39 is 4.84 Å². The summed E-state index contributed by atoms with van der Waals surface area (Å²) in [4.78, 5) is 7.82. The second-order valence-electron chi connectivity index (χ2n) is 2.99. The minimum Gasteiger partial charge on any atom is -0.235 e. The number of rotatable bonds is 1. The topological polar surface area (TPSA) is 25.8 Å². The van der Waals surface area contributed by atoms with Crippen molar-refractivity contribution in [1.82, 2.24) is 9.97 Å². The normalized spacial score (nSPS) is 11.1. The summed E-state index contributed by atoms with van der Waals surface area (Å²) >= 11 is 11.4. The van der Waals surface area contributed by atoms with Crippen LogP contribution in [0.25, 0.3) is 10.9 Å². The Kier molecular flexibility index (Phi) is 2.57. The van der Waals surface area contributed by atoms with Gasteiger partial charge >= 0.3 is 0 Å². The van der Waals surface area contributed by atoms with Crippen molar-refractivity contribution in [2.45, 2.75) is 11.8 Å².